The summed E-state index contributed by atoms with van der Waals surface area (Å²) in [5, 5.41) is 14.9. The molecule has 0 spiro atoms. The maximum atomic E-state index is 12.6. The van der Waals surface area contributed by atoms with Crippen LogP contribution in [0.25, 0.3) is 11.4 Å². The van der Waals surface area contributed by atoms with Gasteiger partial charge in [-0.2, -0.15) is 5.10 Å². The van der Waals surface area contributed by atoms with Crippen LogP contribution >= 0.6 is 0 Å². The van der Waals surface area contributed by atoms with Gasteiger partial charge in [-0.1, -0.05) is 12.1 Å². The molecule has 4 aromatic rings. The number of rotatable bonds is 6. The van der Waals surface area contributed by atoms with Crippen molar-refractivity contribution in [1.82, 2.24) is 14.6 Å². The molecule has 8 heteroatoms. The van der Waals surface area contributed by atoms with Crippen molar-refractivity contribution in [3.05, 3.63) is 113 Å². The maximum Gasteiger partial charge on any atom is 0.273 e. The first kappa shape index (κ1) is 18.9. The van der Waals surface area contributed by atoms with Gasteiger partial charge in [0.2, 0.25) is 0 Å². The fraction of sp³-hybridized carbons (Fsp3) is 0. The molecule has 1 amide bonds. The largest absolute Gasteiger partial charge is 0.323 e. The average molecular weight is 399 g/mol. The number of hydrogen-bond donors (Lipinski definition) is 1. The highest BCUT2D eigenvalue weighted by molar-refractivity contribution is 5.98. The second-order valence-corrected chi connectivity index (χ2v) is 6.38. The number of carbonyl (C=O) groups is 1. The first-order valence-electron chi connectivity index (χ1n) is 9.11. The van der Waals surface area contributed by atoms with Gasteiger partial charge in [0.15, 0.2) is 0 Å². The van der Waals surface area contributed by atoms with Crippen LogP contribution in [0.4, 0.5) is 5.69 Å². The number of nitro benzene ring substituents is 1. The summed E-state index contributed by atoms with van der Waals surface area (Å²) in [6.45, 7) is 0. The third-order valence-electron chi connectivity index (χ3n) is 4.51. The van der Waals surface area contributed by atoms with Gasteiger partial charge >= 0.3 is 0 Å². The van der Waals surface area contributed by atoms with Crippen molar-refractivity contribution >= 4 is 17.8 Å². The monoisotopic (exact) mass is 399 g/mol. The Hall–Kier alpha value is -4.46. The molecule has 0 unspecified atom stereocenters. The van der Waals surface area contributed by atoms with Crippen LogP contribution in [0.2, 0.25) is 0 Å². The van der Waals surface area contributed by atoms with Crippen molar-refractivity contribution in [1.29, 1.82) is 0 Å². The number of hydrazone groups is 1. The third kappa shape index (κ3) is 3.88. The lowest BCUT2D eigenvalue weighted by atomic mass is 10.1. The van der Waals surface area contributed by atoms with Crippen LogP contribution in [0, 0.1) is 10.1 Å². The number of nitro groups is 1. The minimum Gasteiger partial charge on any atom is -0.323 e. The summed E-state index contributed by atoms with van der Waals surface area (Å²) in [4.78, 5) is 23.0. The molecule has 1 N–H and O–H groups in total. The Bertz CT molecular complexity index is 1210. The van der Waals surface area contributed by atoms with Crippen LogP contribution in [0.1, 0.15) is 16.1 Å². The van der Waals surface area contributed by atoms with Crippen LogP contribution in [-0.2, 0) is 0 Å². The van der Waals surface area contributed by atoms with Crippen molar-refractivity contribution in [3.63, 3.8) is 0 Å². The zero-order chi connectivity index (χ0) is 20.9. The van der Waals surface area contributed by atoms with E-state index in [1.165, 1.54) is 18.3 Å². The quantitative estimate of drug-likeness (QED) is 0.302. The van der Waals surface area contributed by atoms with E-state index in [1.54, 1.807) is 24.3 Å². The standard InChI is InChI=1S/C22H17N5O3/c28-22(20-7-1-2-8-21(20)25-13-3-4-14-25)24-23-16-19-6-5-15-26(19)17-9-11-18(12-10-17)27(29)30/h1-16H,(H,24,28). The number of nitrogens with zero attached hydrogens (tertiary/aromatic N) is 4. The molecule has 0 saturated carbocycles. The van der Waals surface area contributed by atoms with Crippen molar-refractivity contribution in [3.8, 4) is 11.4 Å². The Labute approximate surface area is 171 Å². The molecular weight excluding hydrogens is 382 g/mol. The number of carbonyl (C=O) groups excluding carboxylic acids is 1. The lowest BCUT2D eigenvalue weighted by Gasteiger charge is -2.09. The lowest BCUT2D eigenvalue weighted by molar-refractivity contribution is -0.384. The van der Waals surface area contributed by atoms with Gasteiger partial charge in [0.1, 0.15) is 0 Å². The Morgan fingerprint density at radius 2 is 1.67 bits per heavy atom. The molecular formula is C22H17N5O3. The Balaban J connectivity index is 1.51. The molecule has 2 aromatic carbocycles. The number of aromatic nitrogens is 2. The minimum atomic E-state index is -0.442. The van der Waals surface area contributed by atoms with Gasteiger partial charge in [0.05, 0.1) is 28.1 Å². The summed E-state index contributed by atoms with van der Waals surface area (Å²) < 4.78 is 3.67. The summed E-state index contributed by atoms with van der Waals surface area (Å²) in [5.41, 5.74) is 5.29. The Morgan fingerprint density at radius 1 is 0.933 bits per heavy atom. The number of hydrogen-bond acceptors (Lipinski definition) is 4. The fourth-order valence-electron chi connectivity index (χ4n) is 3.07. The van der Waals surface area contributed by atoms with Crippen LogP contribution < -0.4 is 5.43 Å². The number of para-hydroxylation sites is 1. The summed E-state index contributed by atoms with van der Waals surface area (Å²) in [7, 11) is 0. The molecule has 2 heterocycles. The summed E-state index contributed by atoms with van der Waals surface area (Å²) in [6.07, 6.45) is 7.07. The molecule has 4 rings (SSSR count). The smallest absolute Gasteiger partial charge is 0.273 e. The number of amides is 1. The van der Waals surface area contributed by atoms with E-state index in [0.29, 0.717) is 11.3 Å². The average Bonchev–Trinajstić information content (AvgIpc) is 3.46. The second-order valence-electron chi connectivity index (χ2n) is 6.38. The fourth-order valence-corrected chi connectivity index (χ4v) is 3.07. The highest BCUT2D eigenvalue weighted by atomic mass is 16.6. The van der Waals surface area contributed by atoms with E-state index in [-0.39, 0.29) is 11.6 Å². The number of non-ortho nitro benzene ring substituents is 1. The topological polar surface area (TPSA) is 94.5 Å². The minimum absolute atomic E-state index is 0.0229. The SMILES string of the molecule is O=C(NN=Cc1cccn1-c1ccc([N+](=O)[O-])cc1)c1ccccc1-n1cccc1. The highest BCUT2D eigenvalue weighted by Gasteiger charge is 2.11. The van der Waals surface area contributed by atoms with E-state index in [0.717, 1.165) is 11.4 Å². The van der Waals surface area contributed by atoms with Gasteiger partial charge < -0.3 is 9.13 Å². The first-order valence-corrected chi connectivity index (χ1v) is 9.11. The van der Waals surface area contributed by atoms with Gasteiger partial charge in [-0.05, 0) is 48.5 Å². The molecule has 0 aliphatic rings. The van der Waals surface area contributed by atoms with Crippen LogP contribution in [0.3, 0.4) is 0 Å². The van der Waals surface area contributed by atoms with Crippen molar-refractivity contribution in [2.45, 2.75) is 0 Å². The predicted octanol–water partition coefficient (Wildman–Crippen LogP) is 3.94. The van der Waals surface area contributed by atoms with Gasteiger partial charge in [-0.3, -0.25) is 14.9 Å². The van der Waals surface area contributed by atoms with Gasteiger partial charge in [-0.25, -0.2) is 5.43 Å². The van der Waals surface area contributed by atoms with E-state index in [2.05, 4.69) is 10.5 Å². The zero-order valence-corrected chi connectivity index (χ0v) is 15.8. The van der Waals surface area contributed by atoms with Crippen LogP contribution in [-0.4, -0.2) is 26.2 Å². The molecule has 0 aliphatic carbocycles. The molecule has 0 fully saturated rings. The van der Waals surface area contributed by atoms with Crippen molar-refractivity contribution < 1.29 is 9.72 Å². The van der Waals surface area contributed by atoms with Crippen LogP contribution in [0.5, 0.6) is 0 Å². The summed E-state index contributed by atoms with van der Waals surface area (Å²) >= 11 is 0. The van der Waals surface area contributed by atoms with Crippen molar-refractivity contribution in [2.24, 2.45) is 5.10 Å². The lowest BCUT2D eigenvalue weighted by Crippen LogP contribution is -2.19. The maximum absolute atomic E-state index is 12.6. The van der Waals surface area contributed by atoms with E-state index in [4.69, 9.17) is 0 Å². The predicted molar refractivity (Wildman–Crippen MR) is 113 cm³/mol. The first-order chi connectivity index (χ1) is 14.6. The molecule has 8 nitrogen and oxygen atoms in total. The molecule has 0 bridgehead atoms. The molecule has 0 atom stereocenters. The molecule has 148 valence electrons. The summed E-state index contributed by atoms with van der Waals surface area (Å²) in [5.74, 6) is -0.330. The Kier molecular flexibility index (Phi) is 5.21. The summed E-state index contributed by atoms with van der Waals surface area (Å²) in [6, 6.07) is 20.9. The van der Waals surface area contributed by atoms with Crippen LogP contribution in [0.15, 0.2) is 96.5 Å². The number of benzene rings is 2. The molecule has 2 aromatic heterocycles. The van der Waals surface area contributed by atoms with Gasteiger partial charge in [0.25, 0.3) is 11.6 Å². The highest BCUT2D eigenvalue weighted by Crippen LogP contribution is 2.17. The zero-order valence-electron chi connectivity index (χ0n) is 15.8. The Morgan fingerprint density at radius 3 is 2.40 bits per heavy atom. The normalized spacial score (nSPS) is 10.9. The molecule has 0 aliphatic heterocycles. The second kappa shape index (κ2) is 8.27. The van der Waals surface area contributed by atoms with E-state index >= 15 is 0 Å². The third-order valence-corrected chi connectivity index (χ3v) is 4.51. The van der Waals surface area contributed by atoms with Gasteiger partial charge in [0, 0.05) is 36.4 Å². The van der Waals surface area contributed by atoms with E-state index in [9.17, 15) is 14.9 Å². The van der Waals surface area contributed by atoms with Crippen molar-refractivity contribution in [2.75, 3.05) is 0 Å². The molecule has 0 radical (unpaired) electrons. The van der Waals surface area contributed by atoms with E-state index < -0.39 is 4.92 Å². The van der Waals surface area contributed by atoms with Gasteiger partial charge in [-0.15, -0.1) is 0 Å². The number of nitrogens with one attached hydrogen (secondary N) is 1. The molecule has 30 heavy (non-hydrogen) atoms. The van der Waals surface area contributed by atoms with E-state index in [1.807, 2.05) is 64.1 Å². The molecule has 0 saturated heterocycles.